The summed E-state index contributed by atoms with van der Waals surface area (Å²) in [6.07, 6.45) is 1.80. The quantitative estimate of drug-likeness (QED) is 0.552. The van der Waals surface area contributed by atoms with E-state index in [1.165, 1.54) is 18.2 Å². The summed E-state index contributed by atoms with van der Waals surface area (Å²) < 4.78 is 30.6. The molecule has 8 nitrogen and oxygen atoms in total. The molecule has 1 aliphatic heterocycles. The molecule has 1 fully saturated rings. The lowest BCUT2D eigenvalue weighted by Crippen LogP contribution is -2.55. The second-order valence-electron chi connectivity index (χ2n) is 8.76. The lowest BCUT2D eigenvalue weighted by molar-refractivity contribution is -0.123. The Hall–Kier alpha value is -3.17. The number of rotatable bonds is 9. The number of amides is 3. The zero-order valence-electron chi connectivity index (χ0n) is 20.1. The number of morpholine rings is 1. The fraction of sp³-hybridized carbons (Fsp3) is 0.385. The summed E-state index contributed by atoms with van der Waals surface area (Å²) in [4.78, 5) is 28.0. The molecule has 3 amide bonds. The standard InChI is InChI=1S/C26H33N3O5S/c1-20(2)23(13-18-35(32,33)22-11-7-4-8-12-22)27-25(30)24(19-21-9-5-3-6-10-21)28-26(31)29-14-16-34-17-15-29/h3-13,18,20,23-24H,14-17,19H2,1-2H3,(H,27,30)(H,28,31). The van der Waals surface area contributed by atoms with Crippen LogP contribution in [0.3, 0.4) is 0 Å². The molecule has 3 rings (SSSR count). The normalized spacial score (nSPS) is 16.1. The fourth-order valence-electron chi connectivity index (χ4n) is 3.64. The van der Waals surface area contributed by atoms with E-state index < -0.39 is 21.9 Å². The fourth-order valence-corrected chi connectivity index (χ4v) is 4.71. The van der Waals surface area contributed by atoms with Gasteiger partial charge >= 0.3 is 6.03 Å². The number of nitrogens with one attached hydrogen (secondary N) is 2. The zero-order chi connectivity index (χ0) is 25.3. The smallest absolute Gasteiger partial charge is 0.318 e. The van der Waals surface area contributed by atoms with E-state index in [0.29, 0.717) is 32.7 Å². The van der Waals surface area contributed by atoms with E-state index in [0.717, 1.165) is 11.0 Å². The summed E-state index contributed by atoms with van der Waals surface area (Å²) in [5, 5.41) is 6.91. The average Bonchev–Trinajstić information content (AvgIpc) is 2.87. The van der Waals surface area contributed by atoms with E-state index in [1.807, 2.05) is 44.2 Å². The number of benzene rings is 2. The van der Waals surface area contributed by atoms with Crippen molar-refractivity contribution in [2.45, 2.75) is 37.2 Å². The largest absolute Gasteiger partial charge is 0.378 e. The van der Waals surface area contributed by atoms with Gasteiger partial charge in [-0.2, -0.15) is 0 Å². The maximum Gasteiger partial charge on any atom is 0.318 e. The molecule has 1 aliphatic rings. The van der Waals surface area contributed by atoms with Crippen molar-refractivity contribution in [3.63, 3.8) is 0 Å². The minimum Gasteiger partial charge on any atom is -0.378 e. The number of carbonyl (C=O) groups is 2. The molecule has 188 valence electrons. The van der Waals surface area contributed by atoms with Crippen molar-refractivity contribution < 1.29 is 22.7 Å². The van der Waals surface area contributed by atoms with Crippen LogP contribution in [0.2, 0.25) is 0 Å². The molecule has 0 bridgehead atoms. The molecular formula is C26H33N3O5S. The van der Waals surface area contributed by atoms with Gasteiger partial charge in [-0.3, -0.25) is 4.79 Å². The summed E-state index contributed by atoms with van der Waals surface area (Å²) >= 11 is 0. The first-order chi connectivity index (χ1) is 16.8. The highest BCUT2D eigenvalue weighted by Crippen LogP contribution is 2.14. The van der Waals surface area contributed by atoms with Gasteiger partial charge in [-0.1, -0.05) is 68.5 Å². The van der Waals surface area contributed by atoms with E-state index >= 15 is 0 Å². The highest BCUT2D eigenvalue weighted by Gasteiger charge is 2.27. The van der Waals surface area contributed by atoms with Crippen molar-refractivity contribution in [1.29, 1.82) is 0 Å². The van der Waals surface area contributed by atoms with Gasteiger partial charge in [-0.05, 0) is 23.6 Å². The van der Waals surface area contributed by atoms with Crippen LogP contribution in [-0.4, -0.2) is 63.6 Å². The van der Waals surface area contributed by atoms with Crippen LogP contribution in [0.15, 0.2) is 77.0 Å². The second-order valence-corrected chi connectivity index (χ2v) is 10.6. The monoisotopic (exact) mass is 499 g/mol. The number of ether oxygens (including phenoxy) is 1. The molecule has 1 heterocycles. The minimum atomic E-state index is -3.65. The van der Waals surface area contributed by atoms with Crippen LogP contribution in [0.4, 0.5) is 4.79 Å². The predicted molar refractivity (Wildman–Crippen MR) is 134 cm³/mol. The molecule has 0 spiro atoms. The number of sulfone groups is 1. The van der Waals surface area contributed by atoms with Gasteiger partial charge in [0.25, 0.3) is 0 Å². The molecule has 35 heavy (non-hydrogen) atoms. The summed E-state index contributed by atoms with van der Waals surface area (Å²) in [7, 11) is -3.65. The van der Waals surface area contributed by atoms with Crippen LogP contribution in [0, 0.1) is 5.92 Å². The Morgan fingerprint density at radius 3 is 2.17 bits per heavy atom. The molecule has 1 saturated heterocycles. The Morgan fingerprint density at radius 2 is 1.57 bits per heavy atom. The lowest BCUT2D eigenvalue weighted by Gasteiger charge is -2.30. The SMILES string of the molecule is CC(C)C(C=CS(=O)(=O)c1ccccc1)NC(=O)C(Cc1ccccc1)NC(=O)N1CCOCC1. The molecule has 0 aromatic heterocycles. The molecule has 2 atom stereocenters. The van der Waals surface area contributed by atoms with Crippen molar-refractivity contribution in [2.24, 2.45) is 5.92 Å². The summed E-state index contributed by atoms with van der Waals surface area (Å²) in [5.41, 5.74) is 0.901. The van der Waals surface area contributed by atoms with Crippen LogP contribution in [-0.2, 0) is 25.8 Å². The second kappa shape index (κ2) is 12.5. The van der Waals surface area contributed by atoms with E-state index in [4.69, 9.17) is 4.74 Å². The van der Waals surface area contributed by atoms with Crippen molar-refractivity contribution in [2.75, 3.05) is 26.3 Å². The van der Waals surface area contributed by atoms with E-state index in [-0.39, 0.29) is 22.8 Å². The number of nitrogens with zero attached hydrogens (tertiary/aromatic N) is 1. The maximum atomic E-state index is 13.3. The van der Waals surface area contributed by atoms with E-state index in [1.54, 1.807) is 23.1 Å². The van der Waals surface area contributed by atoms with Crippen LogP contribution in [0.25, 0.3) is 0 Å². The van der Waals surface area contributed by atoms with Crippen LogP contribution >= 0.6 is 0 Å². The Bertz CT molecular complexity index is 1100. The summed E-state index contributed by atoms with van der Waals surface area (Å²) in [6, 6.07) is 15.9. The highest BCUT2D eigenvalue weighted by atomic mass is 32.2. The lowest BCUT2D eigenvalue weighted by atomic mass is 10.0. The van der Waals surface area contributed by atoms with Crippen LogP contribution in [0.1, 0.15) is 19.4 Å². The van der Waals surface area contributed by atoms with Gasteiger partial charge in [0.15, 0.2) is 9.84 Å². The van der Waals surface area contributed by atoms with E-state index in [9.17, 15) is 18.0 Å². The first kappa shape index (κ1) is 26.4. The number of hydrogen-bond donors (Lipinski definition) is 2. The van der Waals surface area contributed by atoms with Crippen molar-refractivity contribution in [1.82, 2.24) is 15.5 Å². The van der Waals surface area contributed by atoms with Crippen LogP contribution in [0.5, 0.6) is 0 Å². The van der Waals surface area contributed by atoms with Gasteiger partial charge < -0.3 is 20.3 Å². The highest BCUT2D eigenvalue weighted by molar-refractivity contribution is 7.94. The third kappa shape index (κ3) is 7.93. The molecule has 9 heteroatoms. The Morgan fingerprint density at radius 1 is 0.971 bits per heavy atom. The molecule has 0 radical (unpaired) electrons. The zero-order valence-corrected chi connectivity index (χ0v) is 20.9. The molecule has 2 unspecified atom stereocenters. The van der Waals surface area contributed by atoms with E-state index in [2.05, 4.69) is 10.6 Å². The predicted octanol–water partition coefficient (Wildman–Crippen LogP) is 2.77. The Labute approximate surface area is 207 Å². The van der Waals surface area contributed by atoms with Crippen molar-refractivity contribution in [3.8, 4) is 0 Å². The number of hydrogen-bond acceptors (Lipinski definition) is 5. The molecule has 2 N–H and O–H groups in total. The topological polar surface area (TPSA) is 105 Å². The molecule has 2 aromatic rings. The number of carbonyl (C=O) groups excluding carboxylic acids is 2. The van der Waals surface area contributed by atoms with Gasteiger partial charge in [0.05, 0.1) is 24.2 Å². The van der Waals surface area contributed by atoms with Gasteiger partial charge in [0.1, 0.15) is 6.04 Å². The first-order valence-electron chi connectivity index (χ1n) is 11.7. The maximum absolute atomic E-state index is 13.3. The average molecular weight is 500 g/mol. The van der Waals surface area contributed by atoms with Crippen molar-refractivity contribution >= 4 is 21.8 Å². The number of urea groups is 1. The molecule has 0 aliphatic carbocycles. The Balaban J connectivity index is 1.75. The Kier molecular flexibility index (Phi) is 9.45. The van der Waals surface area contributed by atoms with Gasteiger partial charge in [0, 0.05) is 24.9 Å². The minimum absolute atomic E-state index is 0.0755. The summed E-state index contributed by atoms with van der Waals surface area (Å²) in [6.45, 7) is 5.62. The van der Waals surface area contributed by atoms with Crippen LogP contribution < -0.4 is 10.6 Å². The van der Waals surface area contributed by atoms with Gasteiger partial charge in [-0.15, -0.1) is 0 Å². The third-order valence-corrected chi connectivity index (χ3v) is 7.20. The van der Waals surface area contributed by atoms with Crippen molar-refractivity contribution in [3.05, 3.63) is 77.7 Å². The van der Waals surface area contributed by atoms with Gasteiger partial charge in [0.2, 0.25) is 5.91 Å². The molecule has 2 aromatic carbocycles. The van der Waals surface area contributed by atoms with Gasteiger partial charge in [-0.25, -0.2) is 13.2 Å². The third-order valence-electron chi connectivity index (χ3n) is 5.76. The summed E-state index contributed by atoms with van der Waals surface area (Å²) in [5.74, 6) is -0.454. The molecule has 0 saturated carbocycles. The molecular weight excluding hydrogens is 466 g/mol. The first-order valence-corrected chi connectivity index (χ1v) is 13.3.